The number of para-hydroxylation sites is 1. The van der Waals surface area contributed by atoms with Crippen molar-refractivity contribution in [3.8, 4) is 5.75 Å². The maximum absolute atomic E-state index is 13.7. The van der Waals surface area contributed by atoms with Gasteiger partial charge >= 0.3 is 0 Å². The minimum atomic E-state index is -0.393. The molecule has 0 spiro atoms. The lowest BCUT2D eigenvalue weighted by Crippen LogP contribution is -2.18. The summed E-state index contributed by atoms with van der Waals surface area (Å²) < 4.78 is 19.1. The minimum Gasteiger partial charge on any atom is -0.485 e. The molecule has 1 aromatic rings. The maximum atomic E-state index is 13.7. The lowest BCUT2D eigenvalue weighted by Gasteiger charge is -2.16. The van der Waals surface area contributed by atoms with Crippen molar-refractivity contribution >= 4 is 8.73 Å². The average Bonchev–Trinajstić information content (AvgIpc) is 2.38. The maximum Gasteiger partial charge on any atom is 0.165 e. The fourth-order valence-corrected chi connectivity index (χ4v) is 2.04. The van der Waals surface area contributed by atoms with Gasteiger partial charge in [-0.05, 0) is 44.6 Å². The van der Waals surface area contributed by atoms with Crippen LogP contribution < -0.4 is 9.82 Å². The molecule has 0 amide bonds. The molecule has 5 heteroatoms. The van der Waals surface area contributed by atoms with Crippen molar-refractivity contribution in [3.05, 3.63) is 29.6 Å². The highest BCUT2D eigenvalue weighted by molar-refractivity contribution is 7.34. The van der Waals surface area contributed by atoms with Crippen LogP contribution in [0.4, 0.5) is 4.39 Å². The third kappa shape index (κ3) is 4.89. The molecule has 0 aromatic heterocycles. The van der Waals surface area contributed by atoms with Gasteiger partial charge in [0, 0.05) is 0 Å². The van der Waals surface area contributed by atoms with Gasteiger partial charge in [0.25, 0.3) is 0 Å². The van der Waals surface area contributed by atoms with Crippen LogP contribution in [0.3, 0.4) is 0 Å². The number of aliphatic hydroxyl groups is 1. The second-order valence-electron chi connectivity index (χ2n) is 4.12. The quantitative estimate of drug-likeness (QED) is 0.564. The van der Waals surface area contributed by atoms with Gasteiger partial charge in [-0.2, -0.15) is 0 Å². The summed E-state index contributed by atoms with van der Waals surface area (Å²) in [5.74, 6) is -0.0869. The highest BCUT2D eigenvalue weighted by atomic mass is 31.1. The molecule has 0 saturated carbocycles. The minimum absolute atomic E-state index is 0.119. The predicted octanol–water partition coefficient (Wildman–Crippen LogP) is 2.33. The number of hydrogen-bond acceptors (Lipinski definition) is 3. The lowest BCUT2D eigenvalue weighted by molar-refractivity contribution is 0.124. The van der Waals surface area contributed by atoms with E-state index in [2.05, 4.69) is 11.8 Å². The van der Waals surface area contributed by atoms with Crippen molar-refractivity contribution in [2.75, 3.05) is 19.8 Å². The Bertz CT molecular complexity index is 363. The summed E-state index contributed by atoms with van der Waals surface area (Å²) in [6.07, 6.45) is 1.31. The highest BCUT2D eigenvalue weighted by Crippen LogP contribution is 2.25. The summed E-state index contributed by atoms with van der Waals surface area (Å²) in [4.78, 5) is 0. The fourth-order valence-electron chi connectivity index (χ4n) is 1.61. The third-order valence-corrected chi connectivity index (χ3v) is 3.15. The number of aliphatic hydroxyl groups excluding tert-OH is 1. The van der Waals surface area contributed by atoms with Crippen LogP contribution in [0.1, 0.15) is 18.9 Å². The number of hydrogen-bond donors (Lipinski definition) is 2. The van der Waals surface area contributed by atoms with E-state index >= 15 is 0 Å². The molecule has 102 valence electrons. The van der Waals surface area contributed by atoms with Gasteiger partial charge in [0.1, 0.15) is 6.10 Å². The van der Waals surface area contributed by atoms with Crippen molar-refractivity contribution in [2.24, 2.45) is 0 Å². The van der Waals surface area contributed by atoms with Crippen LogP contribution in [0.25, 0.3) is 0 Å². The first-order chi connectivity index (χ1) is 8.69. The van der Waals surface area contributed by atoms with E-state index in [9.17, 15) is 4.39 Å². The first-order valence-corrected chi connectivity index (χ1v) is 7.63. The van der Waals surface area contributed by atoms with Gasteiger partial charge in [-0.3, -0.25) is 5.09 Å². The number of aryl methyl sites for hydroxylation is 1. The summed E-state index contributed by atoms with van der Waals surface area (Å²) in [6, 6.07) is 4.95. The zero-order chi connectivity index (χ0) is 13.4. The van der Waals surface area contributed by atoms with Gasteiger partial charge in [0.15, 0.2) is 11.6 Å². The van der Waals surface area contributed by atoms with E-state index in [4.69, 9.17) is 9.84 Å². The summed E-state index contributed by atoms with van der Waals surface area (Å²) >= 11 is 0. The van der Waals surface area contributed by atoms with E-state index < -0.39 is 6.10 Å². The van der Waals surface area contributed by atoms with Gasteiger partial charge in [-0.1, -0.05) is 20.9 Å². The number of benzene rings is 1. The molecule has 1 aromatic carbocycles. The molecule has 0 aliphatic heterocycles. The van der Waals surface area contributed by atoms with Crippen LogP contribution >= 0.6 is 8.73 Å². The molecule has 0 saturated heterocycles. The van der Waals surface area contributed by atoms with E-state index in [1.165, 1.54) is 6.07 Å². The smallest absolute Gasteiger partial charge is 0.165 e. The summed E-state index contributed by atoms with van der Waals surface area (Å²) in [7, 11) is 0.728. The van der Waals surface area contributed by atoms with Crippen molar-refractivity contribution < 1.29 is 14.2 Å². The standard InChI is InChI=1S/C13H21FNO2P/c1-10(9-16)17-13-11(5-3-7-12(13)14)6-4-8-15-18-2/h3,5,7,10,15-16,18H,4,6,8-9H2,1-2H3. The fraction of sp³-hybridized carbons (Fsp3) is 0.538. The Balaban J connectivity index is 2.67. The molecule has 2 atom stereocenters. The average molecular weight is 273 g/mol. The van der Waals surface area contributed by atoms with Crippen molar-refractivity contribution in [1.29, 1.82) is 0 Å². The summed E-state index contributed by atoms with van der Waals surface area (Å²) in [6.45, 7) is 4.60. The molecule has 1 rings (SSSR count). The van der Waals surface area contributed by atoms with Gasteiger partial charge < -0.3 is 9.84 Å². The van der Waals surface area contributed by atoms with E-state index in [0.29, 0.717) is 0 Å². The summed E-state index contributed by atoms with van der Waals surface area (Å²) in [5.41, 5.74) is 0.858. The van der Waals surface area contributed by atoms with E-state index in [0.717, 1.165) is 33.7 Å². The van der Waals surface area contributed by atoms with Crippen LogP contribution in [0.15, 0.2) is 18.2 Å². The number of rotatable bonds is 8. The topological polar surface area (TPSA) is 41.5 Å². The number of halogens is 1. The zero-order valence-corrected chi connectivity index (χ0v) is 11.9. The van der Waals surface area contributed by atoms with E-state index in [1.54, 1.807) is 13.0 Å². The van der Waals surface area contributed by atoms with Crippen molar-refractivity contribution in [3.63, 3.8) is 0 Å². The SMILES string of the molecule is CPNCCCc1cccc(F)c1OC(C)CO. The van der Waals surface area contributed by atoms with Gasteiger partial charge in [-0.25, -0.2) is 4.39 Å². The Hall–Kier alpha value is -0.700. The first kappa shape index (κ1) is 15.4. The van der Waals surface area contributed by atoms with Crippen molar-refractivity contribution in [1.82, 2.24) is 5.09 Å². The number of nitrogens with one attached hydrogen (secondary N) is 1. The normalized spacial score (nSPS) is 13.1. The molecule has 2 N–H and O–H groups in total. The second-order valence-corrected chi connectivity index (χ2v) is 4.97. The molecule has 18 heavy (non-hydrogen) atoms. The highest BCUT2D eigenvalue weighted by Gasteiger charge is 2.12. The van der Waals surface area contributed by atoms with Crippen LogP contribution in [0.2, 0.25) is 0 Å². The number of ether oxygens (including phenoxy) is 1. The monoisotopic (exact) mass is 273 g/mol. The lowest BCUT2D eigenvalue weighted by atomic mass is 10.1. The Labute approximate surface area is 110 Å². The zero-order valence-electron chi connectivity index (χ0n) is 10.9. The first-order valence-electron chi connectivity index (χ1n) is 6.13. The second kappa shape index (κ2) is 8.41. The molecule has 0 heterocycles. The third-order valence-electron chi connectivity index (χ3n) is 2.55. The van der Waals surface area contributed by atoms with Crippen LogP contribution in [-0.4, -0.2) is 31.0 Å². The van der Waals surface area contributed by atoms with Crippen molar-refractivity contribution in [2.45, 2.75) is 25.9 Å². The van der Waals surface area contributed by atoms with Gasteiger partial charge in [0.05, 0.1) is 6.61 Å². The Morgan fingerprint density at radius 3 is 2.94 bits per heavy atom. The van der Waals surface area contributed by atoms with Gasteiger partial charge in [0.2, 0.25) is 0 Å². The molecule has 0 fully saturated rings. The predicted molar refractivity (Wildman–Crippen MR) is 74.1 cm³/mol. The Kier molecular flexibility index (Phi) is 7.18. The Morgan fingerprint density at radius 2 is 2.28 bits per heavy atom. The molecule has 0 aliphatic rings. The molecule has 3 nitrogen and oxygen atoms in total. The van der Waals surface area contributed by atoms with Crippen LogP contribution in [0, 0.1) is 5.82 Å². The molecule has 0 bridgehead atoms. The largest absolute Gasteiger partial charge is 0.485 e. The van der Waals surface area contributed by atoms with Crippen LogP contribution in [0.5, 0.6) is 5.75 Å². The molecule has 0 aliphatic carbocycles. The van der Waals surface area contributed by atoms with E-state index in [1.807, 2.05) is 6.07 Å². The molecule has 2 unspecified atom stereocenters. The van der Waals surface area contributed by atoms with Crippen LogP contribution in [-0.2, 0) is 6.42 Å². The van der Waals surface area contributed by atoms with Gasteiger partial charge in [-0.15, -0.1) is 0 Å². The molecular formula is C13H21FNO2P. The molecule has 0 radical (unpaired) electrons. The van der Waals surface area contributed by atoms with E-state index in [-0.39, 0.29) is 18.2 Å². The summed E-state index contributed by atoms with van der Waals surface area (Å²) in [5, 5.41) is 12.2. The molecular weight excluding hydrogens is 252 g/mol. The Morgan fingerprint density at radius 1 is 1.50 bits per heavy atom.